The van der Waals surface area contributed by atoms with E-state index in [0.29, 0.717) is 0 Å². The zero-order valence-corrected chi connectivity index (χ0v) is 18.4. The van der Waals surface area contributed by atoms with E-state index >= 15 is 0 Å². The van der Waals surface area contributed by atoms with Crippen LogP contribution < -0.4 is 4.74 Å². The van der Waals surface area contributed by atoms with Crippen molar-refractivity contribution in [2.45, 2.75) is 104 Å². The number of nitrogens with zero attached hydrogens (tertiary/aromatic N) is 2. The number of aromatic nitrogens is 2. The van der Waals surface area contributed by atoms with Crippen LogP contribution in [0.2, 0.25) is 0 Å². The summed E-state index contributed by atoms with van der Waals surface area (Å²) < 4.78 is 8.77. The first-order chi connectivity index (χ1) is 13.5. The molecule has 0 bridgehead atoms. The number of aryl methyl sites for hydroxylation is 3. The van der Waals surface area contributed by atoms with Crippen LogP contribution in [-0.2, 0) is 13.0 Å². The van der Waals surface area contributed by atoms with E-state index in [1.54, 1.807) is 0 Å². The fourth-order valence-electron chi connectivity index (χ4n) is 4.51. The lowest BCUT2D eigenvalue weighted by molar-refractivity contribution is 0.0523. The lowest BCUT2D eigenvalue weighted by Gasteiger charge is -2.38. The van der Waals surface area contributed by atoms with E-state index < -0.39 is 0 Å². The van der Waals surface area contributed by atoms with Crippen LogP contribution in [0.25, 0.3) is 0 Å². The van der Waals surface area contributed by atoms with Crippen molar-refractivity contribution in [3.05, 3.63) is 47.0 Å². The minimum absolute atomic E-state index is 0.0167. The predicted molar refractivity (Wildman–Crippen MR) is 117 cm³/mol. The largest absolute Gasteiger partial charge is 0.487 e. The Kier molecular flexibility index (Phi) is 7.20. The second-order valence-electron chi connectivity index (χ2n) is 9.02. The minimum Gasteiger partial charge on any atom is -0.487 e. The Morgan fingerprint density at radius 2 is 1.71 bits per heavy atom. The molecule has 1 aromatic heterocycles. The lowest BCUT2D eigenvalue weighted by Crippen LogP contribution is -2.37. The quantitative estimate of drug-likeness (QED) is 0.427. The molecular formula is C25H38N2O. The monoisotopic (exact) mass is 382 g/mol. The fraction of sp³-hybridized carbons (Fsp3) is 0.640. The van der Waals surface area contributed by atoms with Gasteiger partial charge in [0.05, 0.1) is 6.33 Å². The van der Waals surface area contributed by atoms with Crippen molar-refractivity contribution >= 4 is 0 Å². The molecule has 0 unspecified atom stereocenters. The molecule has 0 saturated heterocycles. The summed E-state index contributed by atoms with van der Waals surface area (Å²) in [6, 6.07) is 2.32. The second-order valence-corrected chi connectivity index (χ2v) is 9.02. The van der Waals surface area contributed by atoms with Gasteiger partial charge in [0.25, 0.3) is 0 Å². The normalized spacial score (nSPS) is 18.7. The molecule has 1 aliphatic heterocycles. The maximum atomic E-state index is 6.60. The predicted octanol–water partition coefficient (Wildman–Crippen LogP) is 6.71. The van der Waals surface area contributed by atoms with E-state index in [4.69, 9.17) is 4.74 Å². The van der Waals surface area contributed by atoms with Gasteiger partial charge in [0.15, 0.2) is 0 Å². The molecule has 2 heterocycles. The molecule has 1 aliphatic rings. The fourth-order valence-corrected chi connectivity index (χ4v) is 4.51. The summed E-state index contributed by atoms with van der Waals surface area (Å²) in [5, 5.41) is 0. The molecule has 3 heteroatoms. The third kappa shape index (κ3) is 5.40. The Hall–Kier alpha value is -1.77. The highest BCUT2D eigenvalue weighted by Gasteiger charge is 2.32. The van der Waals surface area contributed by atoms with Crippen molar-refractivity contribution in [2.24, 2.45) is 0 Å². The summed E-state index contributed by atoms with van der Waals surface area (Å²) in [5.74, 6) is 1.18. The Morgan fingerprint density at radius 3 is 2.43 bits per heavy atom. The molecule has 2 aromatic rings. The van der Waals surface area contributed by atoms with Gasteiger partial charge in [-0.1, -0.05) is 38.2 Å². The van der Waals surface area contributed by atoms with Gasteiger partial charge >= 0.3 is 0 Å². The van der Waals surface area contributed by atoms with Crippen LogP contribution in [0.15, 0.2) is 24.8 Å². The topological polar surface area (TPSA) is 27.1 Å². The zero-order chi connectivity index (χ0) is 20.0. The summed E-state index contributed by atoms with van der Waals surface area (Å²) in [6.07, 6.45) is 18.6. The number of rotatable bonds is 10. The number of fused-ring (bicyclic) bond motifs is 1. The summed E-state index contributed by atoms with van der Waals surface area (Å²) in [5.41, 5.74) is 5.54. The highest BCUT2D eigenvalue weighted by molar-refractivity contribution is 5.51. The third-order valence-corrected chi connectivity index (χ3v) is 6.55. The van der Waals surface area contributed by atoms with Gasteiger partial charge in [0.2, 0.25) is 0 Å². The molecule has 0 N–H and O–H groups in total. The first kappa shape index (κ1) is 21.0. The molecule has 154 valence electrons. The molecule has 0 saturated carbocycles. The molecule has 0 aliphatic carbocycles. The molecule has 28 heavy (non-hydrogen) atoms. The van der Waals surface area contributed by atoms with E-state index in [-0.39, 0.29) is 5.60 Å². The maximum Gasteiger partial charge on any atom is 0.126 e. The minimum atomic E-state index is 0.0167. The maximum absolute atomic E-state index is 6.60. The molecule has 1 atom stereocenters. The summed E-state index contributed by atoms with van der Waals surface area (Å²) in [4.78, 5) is 4.09. The standard InChI is InChI=1S/C25H38N2O/c1-20-18-21(2)23-12-14-25(4,28-24(23)22(20)3)13-10-8-6-5-7-9-11-16-27-17-15-26-19-27/h15,17-19H,5-14,16H2,1-4H3/t25-/m1/s1. The summed E-state index contributed by atoms with van der Waals surface area (Å²) >= 11 is 0. The molecule has 0 radical (unpaired) electrons. The number of unbranched alkanes of at least 4 members (excludes halogenated alkanes) is 6. The SMILES string of the molecule is Cc1cc(C)c2c(c1C)O[C@](C)(CCCCCCCCCn1ccnc1)CC2. The Labute approximate surface area is 171 Å². The van der Waals surface area contributed by atoms with Crippen LogP contribution >= 0.6 is 0 Å². The van der Waals surface area contributed by atoms with Gasteiger partial charge in [-0.15, -0.1) is 0 Å². The van der Waals surface area contributed by atoms with Crippen LogP contribution in [0.5, 0.6) is 5.75 Å². The highest BCUT2D eigenvalue weighted by atomic mass is 16.5. The first-order valence-electron chi connectivity index (χ1n) is 11.2. The van der Waals surface area contributed by atoms with Crippen molar-refractivity contribution in [1.82, 2.24) is 9.55 Å². The van der Waals surface area contributed by atoms with Crippen LogP contribution in [-0.4, -0.2) is 15.2 Å². The molecule has 3 rings (SSSR count). The molecular weight excluding hydrogens is 344 g/mol. The van der Waals surface area contributed by atoms with Gasteiger partial charge in [0.1, 0.15) is 11.4 Å². The molecule has 0 spiro atoms. The number of hydrogen-bond acceptors (Lipinski definition) is 2. The molecule has 0 fully saturated rings. The number of imidazole rings is 1. The van der Waals surface area contributed by atoms with E-state index in [1.165, 1.54) is 79.4 Å². The van der Waals surface area contributed by atoms with E-state index in [9.17, 15) is 0 Å². The van der Waals surface area contributed by atoms with Crippen LogP contribution in [0, 0.1) is 20.8 Å². The Bertz CT molecular complexity index is 750. The van der Waals surface area contributed by atoms with Crippen molar-refractivity contribution < 1.29 is 4.74 Å². The van der Waals surface area contributed by atoms with Gasteiger partial charge in [-0.3, -0.25) is 0 Å². The first-order valence-corrected chi connectivity index (χ1v) is 11.2. The number of hydrogen-bond donors (Lipinski definition) is 0. The molecule has 3 nitrogen and oxygen atoms in total. The van der Waals surface area contributed by atoms with E-state index in [2.05, 4.69) is 49.5 Å². The second kappa shape index (κ2) is 9.62. The highest BCUT2D eigenvalue weighted by Crippen LogP contribution is 2.40. The van der Waals surface area contributed by atoms with Crippen LogP contribution in [0.3, 0.4) is 0 Å². The van der Waals surface area contributed by atoms with Gasteiger partial charge in [-0.05, 0) is 82.1 Å². The van der Waals surface area contributed by atoms with Crippen molar-refractivity contribution in [3.8, 4) is 5.75 Å². The average molecular weight is 383 g/mol. The van der Waals surface area contributed by atoms with Crippen LogP contribution in [0.4, 0.5) is 0 Å². The lowest BCUT2D eigenvalue weighted by atomic mass is 9.85. The van der Waals surface area contributed by atoms with Gasteiger partial charge < -0.3 is 9.30 Å². The zero-order valence-electron chi connectivity index (χ0n) is 18.4. The summed E-state index contributed by atoms with van der Waals surface area (Å²) in [7, 11) is 0. The molecule has 1 aromatic carbocycles. The van der Waals surface area contributed by atoms with E-state index in [0.717, 1.165) is 19.4 Å². The van der Waals surface area contributed by atoms with E-state index in [1.807, 2.05) is 12.5 Å². The molecule has 0 amide bonds. The average Bonchev–Trinajstić information content (AvgIpc) is 3.18. The Morgan fingerprint density at radius 1 is 1.00 bits per heavy atom. The van der Waals surface area contributed by atoms with Crippen LogP contribution in [0.1, 0.15) is 87.0 Å². The number of ether oxygens (including phenoxy) is 1. The van der Waals surface area contributed by atoms with Gasteiger partial charge in [0, 0.05) is 18.9 Å². The van der Waals surface area contributed by atoms with Gasteiger partial charge in [-0.25, -0.2) is 4.98 Å². The number of benzene rings is 1. The van der Waals surface area contributed by atoms with Crippen molar-refractivity contribution in [3.63, 3.8) is 0 Å². The Balaban J connectivity index is 1.33. The summed E-state index contributed by atoms with van der Waals surface area (Å²) in [6.45, 7) is 10.1. The van der Waals surface area contributed by atoms with Crippen molar-refractivity contribution in [1.29, 1.82) is 0 Å². The third-order valence-electron chi connectivity index (χ3n) is 6.55. The van der Waals surface area contributed by atoms with Crippen molar-refractivity contribution in [2.75, 3.05) is 0 Å². The van der Waals surface area contributed by atoms with Gasteiger partial charge in [-0.2, -0.15) is 0 Å². The smallest absolute Gasteiger partial charge is 0.126 e.